The third-order valence-corrected chi connectivity index (χ3v) is 5.95. The number of piperazine rings is 1. The Bertz CT molecular complexity index is 894. The highest BCUT2D eigenvalue weighted by molar-refractivity contribution is 5.77. The van der Waals surface area contributed by atoms with Gasteiger partial charge in [-0.1, -0.05) is 18.2 Å². The number of aryl methyl sites for hydroxylation is 1. The van der Waals surface area contributed by atoms with Crippen LogP contribution in [0.3, 0.4) is 0 Å². The molecule has 0 spiro atoms. The Morgan fingerprint density at radius 3 is 2.29 bits per heavy atom. The van der Waals surface area contributed by atoms with Crippen LogP contribution in [0.15, 0.2) is 36.4 Å². The number of anilines is 1. The summed E-state index contributed by atoms with van der Waals surface area (Å²) in [5, 5.41) is 0. The molecule has 7 nitrogen and oxygen atoms in total. The van der Waals surface area contributed by atoms with Crippen LogP contribution in [-0.4, -0.2) is 71.9 Å². The molecule has 168 valence electrons. The van der Waals surface area contributed by atoms with Crippen LogP contribution in [0.2, 0.25) is 0 Å². The molecule has 0 aromatic heterocycles. The highest BCUT2D eigenvalue weighted by atomic mass is 16.5. The molecule has 0 radical (unpaired) electrons. The molecule has 31 heavy (non-hydrogen) atoms. The van der Waals surface area contributed by atoms with Gasteiger partial charge in [0.2, 0.25) is 5.75 Å². The summed E-state index contributed by atoms with van der Waals surface area (Å²) in [7, 11) is 6.61. The number of benzene rings is 2. The highest BCUT2D eigenvalue weighted by Gasteiger charge is 2.25. The molecule has 0 saturated carbocycles. The lowest BCUT2D eigenvalue weighted by atomic mass is 10.1. The second-order valence-corrected chi connectivity index (χ2v) is 7.94. The highest BCUT2D eigenvalue weighted by Crippen LogP contribution is 2.40. The minimum Gasteiger partial charge on any atom is -0.493 e. The van der Waals surface area contributed by atoms with Crippen molar-refractivity contribution < 1.29 is 23.9 Å². The molecule has 0 aliphatic carbocycles. The third kappa shape index (κ3) is 5.22. The van der Waals surface area contributed by atoms with Crippen molar-refractivity contribution in [2.75, 3.05) is 66.0 Å². The Kier molecular flexibility index (Phi) is 7.63. The van der Waals surface area contributed by atoms with Gasteiger partial charge < -0.3 is 28.9 Å². The molecule has 0 atom stereocenters. The lowest BCUT2D eigenvalue weighted by Gasteiger charge is -2.34. The number of hydrogen-bond donors (Lipinski definition) is 1. The molecule has 1 N–H and O–H groups in total. The number of rotatable bonds is 8. The fourth-order valence-corrected chi connectivity index (χ4v) is 4.14. The summed E-state index contributed by atoms with van der Waals surface area (Å²) in [4.78, 5) is 18.4. The summed E-state index contributed by atoms with van der Waals surface area (Å²) in [6.45, 7) is 6.91. The normalized spacial score (nSPS) is 14.3. The van der Waals surface area contributed by atoms with Gasteiger partial charge in [0.1, 0.15) is 0 Å². The summed E-state index contributed by atoms with van der Waals surface area (Å²) in [6, 6.07) is 12.2. The zero-order chi connectivity index (χ0) is 22.4. The van der Waals surface area contributed by atoms with Crippen molar-refractivity contribution in [1.29, 1.82) is 0 Å². The molecule has 3 rings (SSSR count). The second kappa shape index (κ2) is 10.4. The Hall–Kier alpha value is -2.93. The van der Waals surface area contributed by atoms with E-state index >= 15 is 0 Å². The van der Waals surface area contributed by atoms with E-state index in [9.17, 15) is 4.79 Å². The van der Waals surface area contributed by atoms with Crippen molar-refractivity contribution >= 4 is 11.6 Å². The van der Waals surface area contributed by atoms with E-state index in [1.165, 1.54) is 16.2 Å². The summed E-state index contributed by atoms with van der Waals surface area (Å²) in [5.41, 5.74) is 3.48. The molecular formula is C24H34N3O4+. The average Bonchev–Trinajstić information content (AvgIpc) is 2.79. The number of carbonyl (C=O) groups excluding carboxylic acids is 1. The van der Waals surface area contributed by atoms with Crippen LogP contribution in [-0.2, 0) is 11.3 Å². The molecule has 2 aromatic rings. The van der Waals surface area contributed by atoms with Crippen LogP contribution in [0.5, 0.6) is 17.2 Å². The first kappa shape index (κ1) is 22.7. The van der Waals surface area contributed by atoms with E-state index in [1.807, 2.05) is 19.2 Å². The van der Waals surface area contributed by atoms with E-state index < -0.39 is 0 Å². The molecule has 1 aliphatic rings. The number of amides is 1. The number of methoxy groups -OCH3 is 3. The zero-order valence-corrected chi connectivity index (χ0v) is 19.2. The molecule has 1 amide bonds. The first-order chi connectivity index (χ1) is 15.0. The van der Waals surface area contributed by atoms with Crippen LogP contribution in [0, 0.1) is 6.92 Å². The molecule has 0 unspecified atom stereocenters. The fourth-order valence-electron chi connectivity index (χ4n) is 4.14. The predicted octanol–water partition coefficient (Wildman–Crippen LogP) is 1.38. The molecular weight excluding hydrogens is 394 g/mol. The number of likely N-dealkylation sites (N-methyl/N-ethyl adjacent to an activating group) is 1. The smallest absolute Gasteiger partial charge is 0.277 e. The third-order valence-electron chi connectivity index (χ3n) is 5.95. The standard InChI is InChI=1S/C24H33N3O4/c1-18-8-6-7-9-20(18)27-14-12-26(13-15-27)17-22(28)25(2)16-19-10-11-21(29-3)24(31-5)23(19)30-4/h6-11H,12-17H2,1-5H3/p+1. The van der Waals surface area contributed by atoms with E-state index in [-0.39, 0.29) is 5.91 Å². The van der Waals surface area contributed by atoms with E-state index in [2.05, 4.69) is 36.1 Å². The topological polar surface area (TPSA) is 55.7 Å². The summed E-state index contributed by atoms with van der Waals surface area (Å²) in [5.74, 6) is 1.87. The van der Waals surface area contributed by atoms with Crippen LogP contribution in [0.25, 0.3) is 0 Å². The van der Waals surface area contributed by atoms with Crippen molar-refractivity contribution in [1.82, 2.24) is 4.90 Å². The van der Waals surface area contributed by atoms with E-state index in [0.29, 0.717) is 30.3 Å². The monoisotopic (exact) mass is 428 g/mol. The number of hydrogen-bond acceptors (Lipinski definition) is 5. The molecule has 1 fully saturated rings. The first-order valence-corrected chi connectivity index (χ1v) is 10.6. The van der Waals surface area contributed by atoms with Gasteiger partial charge in [-0.2, -0.15) is 0 Å². The van der Waals surface area contributed by atoms with Gasteiger partial charge in [0, 0.05) is 24.8 Å². The van der Waals surface area contributed by atoms with Crippen molar-refractivity contribution in [3.63, 3.8) is 0 Å². The van der Waals surface area contributed by atoms with Gasteiger partial charge in [0.15, 0.2) is 18.0 Å². The number of quaternary nitrogens is 1. The van der Waals surface area contributed by atoms with E-state index in [1.54, 1.807) is 26.2 Å². The van der Waals surface area contributed by atoms with Crippen LogP contribution in [0.1, 0.15) is 11.1 Å². The Morgan fingerprint density at radius 1 is 1.00 bits per heavy atom. The van der Waals surface area contributed by atoms with Gasteiger partial charge in [0.25, 0.3) is 5.91 Å². The summed E-state index contributed by atoms with van der Waals surface area (Å²) >= 11 is 0. The van der Waals surface area contributed by atoms with Crippen molar-refractivity contribution in [2.45, 2.75) is 13.5 Å². The van der Waals surface area contributed by atoms with E-state index in [0.717, 1.165) is 31.7 Å². The van der Waals surface area contributed by atoms with Crippen molar-refractivity contribution in [2.24, 2.45) is 0 Å². The van der Waals surface area contributed by atoms with Gasteiger partial charge in [-0.3, -0.25) is 4.79 Å². The molecule has 7 heteroatoms. The number of carbonyl (C=O) groups is 1. The molecule has 0 bridgehead atoms. The Balaban J connectivity index is 1.58. The summed E-state index contributed by atoms with van der Waals surface area (Å²) < 4.78 is 16.3. The SMILES string of the molecule is COc1ccc(CN(C)C(=O)C[NH+]2CCN(c3ccccc3C)CC2)c(OC)c1OC. The molecule has 1 aliphatic heterocycles. The fraction of sp³-hybridized carbons (Fsp3) is 0.458. The minimum absolute atomic E-state index is 0.121. The lowest BCUT2D eigenvalue weighted by molar-refractivity contribution is -0.892. The first-order valence-electron chi connectivity index (χ1n) is 10.6. The molecule has 1 saturated heterocycles. The number of para-hydroxylation sites is 1. The number of nitrogens with one attached hydrogen (secondary N) is 1. The van der Waals surface area contributed by atoms with E-state index in [4.69, 9.17) is 14.2 Å². The molecule has 1 heterocycles. The number of ether oxygens (including phenoxy) is 3. The maximum Gasteiger partial charge on any atom is 0.277 e. The minimum atomic E-state index is 0.121. The van der Waals surface area contributed by atoms with Crippen LogP contribution in [0.4, 0.5) is 5.69 Å². The van der Waals surface area contributed by atoms with Gasteiger partial charge in [-0.05, 0) is 30.7 Å². The van der Waals surface area contributed by atoms with Gasteiger partial charge in [-0.15, -0.1) is 0 Å². The van der Waals surface area contributed by atoms with Crippen LogP contribution < -0.4 is 24.0 Å². The number of nitrogens with zero attached hydrogens (tertiary/aromatic N) is 2. The average molecular weight is 429 g/mol. The van der Waals surface area contributed by atoms with Gasteiger partial charge in [-0.25, -0.2) is 0 Å². The summed E-state index contributed by atoms with van der Waals surface area (Å²) in [6.07, 6.45) is 0. The van der Waals surface area contributed by atoms with Crippen molar-refractivity contribution in [3.8, 4) is 17.2 Å². The Morgan fingerprint density at radius 2 is 1.68 bits per heavy atom. The van der Waals surface area contributed by atoms with Crippen LogP contribution >= 0.6 is 0 Å². The van der Waals surface area contributed by atoms with Crippen molar-refractivity contribution in [3.05, 3.63) is 47.5 Å². The maximum absolute atomic E-state index is 12.9. The molecule has 2 aromatic carbocycles. The Labute approximate surface area is 185 Å². The maximum atomic E-state index is 12.9. The van der Waals surface area contributed by atoms with Gasteiger partial charge in [0.05, 0.1) is 47.5 Å². The van der Waals surface area contributed by atoms with Gasteiger partial charge >= 0.3 is 0 Å². The largest absolute Gasteiger partial charge is 0.493 e. The second-order valence-electron chi connectivity index (χ2n) is 7.94. The zero-order valence-electron chi connectivity index (χ0n) is 19.2. The quantitative estimate of drug-likeness (QED) is 0.689. The lowest BCUT2D eigenvalue weighted by Crippen LogP contribution is -3.15. The predicted molar refractivity (Wildman–Crippen MR) is 122 cm³/mol.